The van der Waals surface area contributed by atoms with Gasteiger partial charge in [-0.15, -0.1) is 0 Å². The van der Waals surface area contributed by atoms with Gasteiger partial charge in [-0.3, -0.25) is 4.79 Å². The average Bonchev–Trinajstić information content (AvgIpc) is 3.13. The topological polar surface area (TPSA) is 89.8 Å². The SMILES string of the molecule is CCCCCCCCCCCC/C=C\CCCCCCCCCC(=O)NC(CO)C(O)C(O)CCCCCCCCCCCCCCCCCC. The number of aliphatic hydroxyl groups is 3. The molecule has 0 aromatic carbocycles. The van der Waals surface area contributed by atoms with E-state index in [-0.39, 0.29) is 12.5 Å². The molecule has 0 aliphatic heterocycles. The summed E-state index contributed by atoms with van der Waals surface area (Å²) in [5.41, 5.74) is 0. The molecule has 0 saturated heterocycles. The van der Waals surface area contributed by atoms with Gasteiger partial charge in [0.05, 0.1) is 18.8 Å². The first kappa shape index (κ1) is 50.1. The van der Waals surface area contributed by atoms with Gasteiger partial charge in [-0.2, -0.15) is 0 Å². The third-order valence-corrected chi connectivity index (χ3v) is 10.9. The number of hydrogen-bond donors (Lipinski definition) is 4. The highest BCUT2D eigenvalue weighted by Crippen LogP contribution is 2.17. The fraction of sp³-hybridized carbons (Fsp3) is 0.935. The Hall–Kier alpha value is -0.910. The fourth-order valence-corrected chi connectivity index (χ4v) is 7.28. The predicted octanol–water partition coefficient (Wildman–Crippen LogP) is 13.2. The van der Waals surface area contributed by atoms with Gasteiger partial charge >= 0.3 is 0 Å². The molecular formula is C46H91NO4. The second-order valence-electron chi connectivity index (χ2n) is 16.0. The van der Waals surface area contributed by atoms with Gasteiger partial charge in [0.1, 0.15) is 6.10 Å². The predicted molar refractivity (Wildman–Crippen MR) is 222 cm³/mol. The summed E-state index contributed by atoms with van der Waals surface area (Å²) in [6, 6.07) is -0.808. The van der Waals surface area contributed by atoms with Crippen molar-refractivity contribution >= 4 is 5.91 Å². The lowest BCUT2D eigenvalue weighted by atomic mass is 9.99. The standard InChI is InChI=1S/C46H91NO4/c1-3-5-7-9-11-13-15-17-19-21-22-23-24-25-27-29-31-33-35-37-39-41-45(50)47-43(42-48)46(51)44(49)40-38-36-34-32-30-28-26-20-18-16-14-12-10-8-6-4-2/h23-24,43-44,46,48-49,51H,3-22,25-42H2,1-2H3,(H,47,50)/b24-23-. The van der Waals surface area contributed by atoms with Crippen LogP contribution >= 0.6 is 0 Å². The third kappa shape index (κ3) is 37.2. The van der Waals surface area contributed by atoms with Crippen LogP contribution in [0.1, 0.15) is 251 Å². The quantitative estimate of drug-likeness (QED) is 0.0373. The molecule has 1 amide bonds. The van der Waals surface area contributed by atoms with Crippen LogP contribution < -0.4 is 5.32 Å². The first-order valence-electron chi connectivity index (χ1n) is 23.0. The molecule has 304 valence electrons. The van der Waals surface area contributed by atoms with E-state index in [0.29, 0.717) is 12.8 Å². The highest BCUT2D eigenvalue weighted by Gasteiger charge is 2.26. The summed E-state index contributed by atoms with van der Waals surface area (Å²) in [4.78, 5) is 12.4. The summed E-state index contributed by atoms with van der Waals surface area (Å²) >= 11 is 0. The Morgan fingerprint density at radius 2 is 0.784 bits per heavy atom. The summed E-state index contributed by atoms with van der Waals surface area (Å²) in [7, 11) is 0. The third-order valence-electron chi connectivity index (χ3n) is 10.9. The molecule has 0 radical (unpaired) electrons. The number of rotatable bonds is 42. The highest BCUT2D eigenvalue weighted by atomic mass is 16.3. The summed E-state index contributed by atoms with van der Waals surface area (Å²) in [6.45, 7) is 4.19. The molecule has 3 unspecified atom stereocenters. The Balaban J connectivity index is 3.60. The van der Waals surface area contributed by atoms with E-state index in [1.807, 2.05) is 0 Å². The Morgan fingerprint density at radius 3 is 1.14 bits per heavy atom. The summed E-state index contributed by atoms with van der Waals surface area (Å²) in [6.07, 6.45) is 48.9. The van der Waals surface area contributed by atoms with Crippen LogP contribution in [0.15, 0.2) is 12.2 Å². The largest absolute Gasteiger partial charge is 0.394 e. The molecule has 0 aliphatic carbocycles. The first-order valence-corrected chi connectivity index (χ1v) is 23.0. The number of unbranched alkanes of at least 4 members (excludes halogenated alkanes) is 32. The zero-order chi connectivity index (χ0) is 37.3. The number of carbonyl (C=O) groups excluding carboxylic acids is 1. The van der Waals surface area contributed by atoms with Crippen molar-refractivity contribution in [2.75, 3.05) is 6.61 Å². The van der Waals surface area contributed by atoms with Gasteiger partial charge in [-0.1, -0.05) is 219 Å². The molecule has 4 N–H and O–H groups in total. The van der Waals surface area contributed by atoms with Gasteiger partial charge in [0, 0.05) is 6.42 Å². The lowest BCUT2D eigenvalue weighted by Crippen LogP contribution is -2.50. The number of aliphatic hydroxyl groups excluding tert-OH is 3. The van der Waals surface area contributed by atoms with Crippen molar-refractivity contribution in [3.8, 4) is 0 Å². The molecule has 0 heterocycles. The van der Waals surface area contributed by atoms with Gasteiger partial charge in [0.15, 0.2) is 0 Å². The summed E-state index contributed by atoms with van der Waals surface area (Å²) in [5.74, 6) is -0.146. The first-order chi connectivity index (χ1) is 25.1. The van der Waals surface area contributed by atoms with Crippen LogP contribution in [0.3, 0.4) is 0 Å². The molecule has 0 aromatic heterocycles. The van der Waals surface area contributed by atoms with E-state index in [9.17, 15) is 20.1 Å². The van der Waals surface area contributed by atoms with E-state index in [0.717, 1.165) is 38.5 Å². The molecule has 0 aromatic rings. The molecule has 0 fully saturated rings. The highest BCUT2D eigenvalue weighted by molar-refractivity contribution is 5.76. The molecule has 5 nitrogen and oxygen atoms in total. The van der Waals surface area contributed by atoms with Crippen molar-refractivity contribution in [2.24, 2.45) is 0 Å². The van der Waals surface area contributed by atoms with Crippen LogP contribution in [-0.2, 0) is 4.79 Å². The second kappa shape index (κ2) is 41.8. The number of hydrogen-bond acceptors (Lipinski definition) is 4. The molecule has 0 bridgehead atoms. The number of amides is 1. The van der Waals surface area contributed by atoms with Gasteiger partial charge in [0.25, 0.3) is 0 Å². The lowest BCUT2D eigenvalue weighted by molar-refractivity contribution is -0.124. The number of allylic oxidation sites excluding steroid dienone is 2. The molecule has 0 rings (SSSR count). The zero-order valence-corrected chi connectivity index (χ0v) is 34.5. The summed E-state index contributed by atoms with van der Waals surface area (Å²) in [5, 5.41) is 33.6. The minimum absolute atomic E-state index is 0.146. The zero-order valence-electron chi connectivity index (χ0n) is 34.5. The van der Waals surface area contributed by atoms with E-state index < -0.39 is 18.2 Å². The minimum atomic E-state index is -1.13. The maximum absolute atomic E-state index is 12.4. The molecular weight excluding hydrogens is 631 g/mol. The Kier molecular flexibility index (Phi) is 41.1. The Morgan fingerprint density at radius 1 is 0.471 bits per heavy atom. The van der Waals surface area contributed by atoms with Crippen molar-refractivity contribution in [1.82, 2.24) is 5.32 Å². The minimum Gasteiger partial charge on any atom is -0.394 e. The Bertz CT molecular complexity index is 713. The van der Waals surface area contributed by atoms with E-state index in [4.69, 9.17) is 0 Å². The van der Waals surface area contributed by atoms with Crippen LogP contribution in [-0.4, -0.2) is 46.1 Å². The molecule has 51 heavy (non-hydrogen) atoms. The van der Waals surface area contributed by atoms with Gasteiger partial charge in [0.2, 0.25) is 5.91 Å². The number of carbonyl (C=O) groups is 1. The van der Waals surface area contributed by atoms with Crippen molar-refractivity contribution in [1.29, 1.82) is 0 Å². The lowest BCUT2D eigenvalue weighted by Gasteiger charge is -2.26. The second-order valence-corrected chi connectivity index (χ2v) is 16.0. The van der Waals surface area contributed by atoms with Crippen LogP contribution in [0, 0.1) is 0 Å². The fourth-order valence-electron chi connectivity index (χ4n) is 7.28. The van der Waals surface area contributed by atoms with Crippen LogP contribution in [0.25, 0.3) is 0 Å². The van der Waals surface area contributed by atoms with E-state index in [1.165, 1.54) is 186 Å². The van der Waals surface area contributed by atoms with Gasteiger partial charge < -0.3 is 20.6 Å². The van der Waals surface area contributed by atoms with Crippen molar-refractivity contribution in [3.05, 3.63) is 12.2 Å². The molecule has 0 spiro atoms. The normalized spacial score (nSPS) is 13.6. The smallest absolute Gasteiger partial charge is 0.220 e. The van der Waals surface area contributed by atoms with Crippen molar-refractivity contribution in [3.63, 3.8) is 0 Å². The van der Waals surface area contributed by atoms with E-state index in [2.05, 4.69) is 31.3 Å². The molecule has 0 aliphatic rings. The van der Waals surface area contributed by atoms with Crippen LogP contribution in [0.2, 0.25) is 0 Å². The van der Waals surface area contributed by atoms with Crippen LogP contribution in [0.5, 0.6) is 0 Å². The molecule has 5 heteroatoms. The summed E-state index contributed by atoms with van der Waals surface area (Å²) < 4.78 is 0. The average molecular weight is 722 g/mol. The maximum atomic E-state index is 12.4. The van der Waals surface area contributed by atoms with E-state index in [1.54, 1.807) is 0 Å². The van der Waals surface area contributed by atoms with Crippen LogP contribution in [0.4, 0.5) is 0 Å². The number of nitrogens with one attached hydrogen (secondary N) is 1. The maximum Gasteiger partial charge on any atom is 0.220 e. The van der Waals surface area contributed by atoms with Crippen molar-refractivity contribution in [2.45, 2.75) is 270 Å². The van der Waals surface area contributed by atoms with Gasteiger partial charge in [-0.25, -0.2) is 0 Å². The molecule has 3 atom stereocenters. The molecule has 0 saturated carbocycles. The Labute approximate surface area is 319 Å². The van der Waals surface area contributed by atoms with Crippen molar-refractivity contribution < 1.29 is 20.1 Å². The van der Waals surface area contributed by atoms with E-state index >= 15 is 0 Å². The van der Waals surface area contributed by atoms with Gasteiger partial charge in [-0.05, 0) is 38.5 Å². The monoisotopic (exact) mass is 722 g/mol.